The van der Waals surface area contributed by atoms with E-state index >= 15 is 0 Å². The number of anilines is 2. The van der Waals surface area contributed by atoms with Gasteiger partial charge in [-0.15, -0.1) is 0 Å². The lowest BCUT2D eigenvalue weighted by Gasteiger charge is -2.36. The second kappa shape index (κ2) is 8.51. The molecule has 0 amide bonds. The minimum Gasteiger partial charge on any atom is -0.370 e. The zero-order chi connectivity index (χ0) is 21.1. The number of benzene rings is 2. The van der Waals surface area contributed by atoms with E-state index in [-0.39, 0.29) is 18.1 Å². The molecule has 1 fully saturated rings. The number of hydrogen-bond acceptors (Lipinski definition) is 4. The zero-order valence-electron chi connectivity index (χ0n) is 16.7. The molecule has 0 radical (unpaired) electrons. The van der Waals surface area contributed by atoms with Crippen LogP contribution >= 0.6 is 0 Å². The molecule has 0 aromatic heterocycles. The summed E-state index contributed by atoms with van der Waals surface area (Å²) in [6, 6.07) is 14.0. The molecule has 7 nitrogen and oxygen atoms in total. The van der Waals surface area contributed by atoms with Gasteiger partial charge in [0.15, 0.2) is 5.96 Å². The summed E-state index contributed by atoms with van der Waals surface area (Å²) >= 11 is 0. The van der Waals surface area contributed by atoms with Crippen LogP contribution in [0.5, 0.6) is 0 Å². The number of rotatable bonds is 5. The first-order valence-electron chi connectivity index (χ1n) is 10.1. The molecule has 0 bridgehead atoms. The number of sulfonamides is 1. The number of piperazine rings is 1. The molecule has 160 valence electrons. The van der Waals surface area contributed by atoms with Crippen LogP contribution in [0.15, 0.2) is 53.5 Å². The average Bonchev–Trinajstić information content (AvgIpc) is 3.19. The van der Waals surface area contributed by atoms with Gasteiger partial charge in [-0.25, -0.2) is 12.8 Å². The Morgan fingerprint density at radius 1 is 1.00 bits per heavy atom. The Balaban J connectivity index is 1.30. The van der Waals surface area contributed by atoms with Gasteiger partial charge in [0, 0.05) is 38.4 Å². The predicted molar refractivity (Wildman–Crippen MR) is 118 cm³/mol. The minimum atomic E-state index is -3.43. The first-order valence-corrected chi connectivity index (χ1v) is 11.7. The number of nitrogens with two attached hydrogens (primary N) is 1. The Morgan fingerprint density at radius 3 is 2.43 bits per heavy atom. The van der Waals surface area contributed by atoms with Gasteiger partial charge in [-0.1, -0.05) is 18.2 Å². The number of halogens is 1. The standard InChI is InChI=1S/C21H26FN5O2S/c22-18-5-7-19(8-6-18)25-12-14-26(15-13-25)21(23)24-10-16-30(28,29)27-11-9-17-3-1-2-4-20(17)27/h1-8H,9-16H2,(H2,23,24). The topological polar surface area (TPSA) is 82.2 Å². The molecule has 0 aliphatic carbocycles. The number of hydrogen-bond donors (Lipinski definition) is 1. The SMILES string of the molecule is NC(=NCCS(=O)(=O)N1CCc2ccccc21)N1CCN(c2ccc(F)cc2)CC1. The maximum atomic E-state index is 13.1. The zero-order valence-corrected chi connectivity index (χ0v) is 17.6. The summed E-state index contributed by atoms with van der Waals surface area (Å²) in [5.41, 5.74) is 8.91. The lowest BCUT2D eigenvalue weighted by molar-refractivity contribution is 0.381. The molecule has 0 unspecified atom stereocenters. The molecule has 4 rings (SSSR count). The van der Waals surface area contributed by atoms with Crippen LogP contribution in [0.3, 0.4) is 0 Å². The molecule has 0 spiro atoms. The highest BCUT2D eigenvalue weighted by Crippen LogP contribution is 2.29. The van der Waals surface area contributed by atoms with Gasteiger partial charge in [-0.3, -0.25) is 9.30 Å². The average molecular weight is 432 g/mol. The third-order valence-electron chi connectivity index (χ3n) is 5.60. The van der Waals surface area contributed by atoms with Gasteiger partial charge in [0.2, 0.25) is 10.0 Å². The maximum absolute atomic E-state index is 13.1. The summed E-state index contributed by atoms with van der Waals surface area (Å²) in [5.74, 6) is 0.0457. The van der Waals surface area contributed by atoms with Crippen molar-refractivity contribution in [1.82, 2.24) is 4.90 Å². The third kappa shape index (κ3) is 4.35. The highest BCUT2D eigenvalue weighted by Gasteiger charge is 2.28. The van der Waals surface area contributed by atoms with Crippen LogP contribution in [0.4, 0.5) is 15.8 Å². The van der Waals surface area contributed by atoms with Crippen molar-refractivity contribution in [3.05, 3.63) is 59.9 Å². The number of para-hydroxylation sites is 1. The second-order valence-corrected chi connectivity index (χ2v) is 9.47. The molecule has 0 atom stereocenters. The van der Waals surface area contributed by atoms with E-state index in [1.165, 1.54) is 16.4 Å². The fourth-order valence-corrected chi connectivity index (χ4v) is 5.32. The quantitative estimate of drug-likeness (QED) is 0.575. The Kier molecular flexibility index (Phi) is 5.80. The first kappa shape index (κ1) is 20.5. The van der Waals surface area contributed by atoms with Gasteiger partial charge >= 0.3 is 0 Å². The van der Waals surface area contributed by atoms with Gasteiger partial charge < -0.3 is 15.5 Å². The van der Waals surface area contributed by atoms with E-state index in [4.69, 9.17) is 5.73 Å². The van der Waals surface area contributed by atoms with Crippen LogP contribution < -0.4 is 14.9 Å². The number of fused-ring (bicyclic) bond motifs is 1. The van der Waals surface area contributed by atoms with Crippen molar-refractivity contribution >= 4 is 27.4 Å². The number of nitrogens with zero attached hydrogens (tertiary/aromatic N) is 4. The Morgan fingerprint density at radius 2 is 1.70 bits per heavy atom. The van der Waals surface area contributed by atoms with E-state index in [0.717, 1.165) is 36.4 Å². The molecule has 2 aliphatic rings. The van der Waals surface area contributed by atoms with E-state index in [0.29, 0.717) is 25.6 Å². The van der Waals surface area contributed by atoms with E-state index in [2.05, 4.69) is 9.89 Å². The summed E-state index contributed by atoms with van der Waals surface area (Å²) < 4.78 is 40.1. The minimum absolute atomic E-state index is 0.0718. The molecule has 9 heteroatoms. The largest absolute Gasteiger partial charge is 0.370 e. The van der Waals surface area contributed by atoms with Gasteiger partial charge in [-0.05, 0) is 42.3 Å². The van der Waals surface area contributed by atoms with Crippen LogP contribution in [0.2, 0.25) is 0 Å². The Bertz CT molecular complexity index is 1020. The van der Waals surface area contributed by atoms with Gasteiger partial charge in [0.25, 0.3) is 0 Å². The third-order valence-corrected chi connectivity index (χ3v) is 7.35. The number of guanidine groups is 1. The van der Waals surface area contributed by atoms with Crippen LogP contribution in [0, 0.1) is 5.82 Å². The summed E-state index contributed by atoms with van der Waals surface area (Å²) in [6.07, 6.45) is 0.735. The second-order valence-electron chi connectivity index (χ2n) is 7.46. The van der Waals surface area contributed by atoms with Crippen LogP contribution in [-0.4, -0.2) is 64.3 Å². The lowest BCUT2D eigenvalue weighted by Crippen LogP contribution is -2.51. The molecular formula is C21H26FN5O2S. The summed E-state index contributed by atoms with van der Waals surface area (Å²) in [5, 5.41) is 0. The molecule has 2 aromatic carbocycles. The van der Waals surface area contributed by atoms with Gasteiger partial charge in [-0.2, -0.15) is 0 Å². The van der Waals surface area contributed by atoms with Gasteiger partial charge in [0.05, 0.1) is 18.0 Å². The Labute approximate surface area is 176 Å². The summed E-state index contributed by atoms with van der Waals surface area (Å²) in [6.45, 7) is 3.45. The van der Waals surface area contributed by atoms with Crippen LogP contribution in [0.25, 0.3) is 0 Å². The molecule has 2 N–H and O–H groups in total. The molecule has 0 saturated carbocycles. The predicted octanol–water partition coefficient (Wildman–Crippen LogP) is 1.65. The van der Waals surface area contributed by atoms with Crippen molar-refractivity contribution in [3.63, 3.8) is 0 Å². The maximum Gasteiger partial charge on any atom is 0.237 e. The van der Waals surface area contributed by atoms with Crippen molar-refractivity contribution in [2.45, 2.75) is 6.42 Å². The lowest BCUT2D eigenvalue weighted by atomic mass is 10.2. The number of aliphatic imine (C=N–C) groups is 1. The highest BCUT2D eigenvalue weighted by atomic mass is 32.2. The molecule has 2 aliphatic heterocycles. The molecule has 2 heterocycles. The highest BCUT2D eigenvalue weighted by molar-refractivity contribution is 7.92. The van der Waals surface area contributed by atoms with Crippen molar-refractivity contribution in [2.75, 3.05) is 54.2 Å². The van der Waals surface area contributed by atoms with Crippen molar-refractivity contribution in [1.29, 1.82) is 0 Å². The molecule has 1 saturated heterocycles. The van der Waals surface area contributed by atoms with Crippen molar-refractivity contribution < 1.29 is 12.8 Å². The molecule has 2 aromatic rings. The van der Waals surface area contributed by atoms with Gasteiger partial charge in [0.1, 0.15) is 5.82 Å². The molecular weight excluding hydrogens is 405 g/mol. The fraction of sp³-hybridized carbons (Fsp3) is 0.381. The monoisotopic (exact) mass is 431 g/mol. The van der Waals surface area contributed by atoms with Crippen molar-refractivity contribution in [3.8, 4) is 0 Å². The summed E-state index contributed by atoms with van der Waals surface area (Å²) in [7, 11) is -3.43. The van der Waals surface area contributed by atoms with Crippen LogP contribution in [0.1, 0.15) is 5.56 Å². The van der Waals surface area contributed by atoms with E-state index in [1.807, 2.05) is 29.2 Å². The van der Waals surface area contributed by atoms with Crippen molar-refractivity contribution in [2.24, 2.45) is 10.7 Å². The summed E-state index contributed by atoms with van der Waals surface area (Å²) in [4.78, 5) is 8.44. The first-order chi connectivity index (χ1) is 14.4. The van der Waals surface area contributed by atoms with E-state index < -0.39 is 10.0 Å². The van der Waals surface area contributed by atoms with E-state index in [1.54, 1.807) is 12.1 Å². The normalized spacial score (nSPS) is 17.4. The van der Waals surface area contributed by atoms with E-state index in [9.17, 15) is 12.8 Å². The Hall–Kier alpha value is -2.81. The molecule has 30 heavy (non-hydrogen) atoms. The smallest absolute Gasteiger partial charge is 0.237 e. The van der Waals surface area contributed by atoms with Crippen LogP contribution in [-0.2, 0) is 16.4 Å². The fourth-order valence-electron chi connectivity index (χ4n) is 3.93.